The quantitative estimate of drug-likeness (QED) is 0.714. The predicted octanol–water partition coefficient (Wildman–Crippen LogP) is 0.927. The summed E-state index contributed by atoms with van der Waals surface area (Å²) in [4.78, 5) is 28.3. The number of esters is 1. The molecule has 2 unspecified atom stereocenters. The molecule has 4 aliphatic rings. The number of nitrogens with one attached hydrogen (secondary N) is 2. The van der Waals surface area contributed by atoms with Gasteiger partial charge in [-0.2, -0.15) is 0 Å². The number of hydrogen-bond acceptors (Lipinski definition) is 10. The van der Waals surface area contributed by atoms with Crippen molar-refractivity contribution in [2.45, 2.75) is 46.7 Å². The smallest absolute Gasteiger partial charge is 0.311 e. The van der Waals surface area contributed by atoms with Gasteiger partial charge in [0.1, 0.15) is 12.7 Å². The summed E-state index contributed by atoms with van der Waals surface area (Å²) in [5, 5.41) is 3.63. The van der Waals surface area contributed by atoms with Crippen LogP contribution in [-0.2, 0) is 9.53 Å². The monoisotopic (exact) mass is 372 g/mol. The Bertz CT molecular complexity index is 780. The van der Waals surface area contributed by atoms with Crippen molar-refractivity contribution in [3.05, 3.63) is 23.5 Å². The molecule has 2 atom stereocenters. The first kappa shape index (κ1) is 18.6. The first-order valence-corrected chi connectivity index (χ1v) is 8.75. The van der Waals surface area contributed by atoms with E-state index in [1.165, 1.54) is 5.57 Å². The van der Waals surface area contributed by atoms with Crippen LogP contribution in [0.3, 0.4) is 0 Å². The van der Waals surface area contributed by atoms with Gasteiger partial charge in [0.25, 0.3) is 0 Å². The van der Waals surface area contributed by atoms with Gasteiger partial charge in [0.2, 0.25) is 12.6 Å². The molecule has 4 rings (SSSR count). The van der Waals surface area contributed by atoms with Crippen LogP contribution < -0.4 is 10.9 Å². The van der Waals surface area contributed by atoms with Crippen molar-refractivity contribution >= 4 is 30.1 Å². The maximum absolute atomic E-state index is 11.4. The van der Waals surface area contributed by atoms with Crippen LogP contribution in [0, 0.1) is 0 Å². The molecule has 2 N–H and O–H groups in total. The van der Waals surface area contributed by atoms with E-state index in [1.807, 2.05) is 38.1 Å². The van der Waals surface area contributed by atoms with Gasteiger partial charge in [-0.3, -0.25) is 15.6 Å². The summed E-state index contributed by atoms with van der Waals surface area (Å²) in [5.41, 5.74) is 9.83. The Morgan fingerprint density at radius 1 is 1.15 bits per heavy atom. The third kappa shape index (κ3) is 4.33. The van der Waals surface area contributed by atoms with Crippen molar-refractivity contribution in [2.75, 3.05) is 6.61 Å². The van der Waals surface area contributed by atoms with E-state index in [-0.39, 0.29) is 25.0 Å². The summed E-state index contributed by atoms with van der Waals surface area (Å²) in [6.07, 6.45) is 6.98. The number of hydrazine groups is 2. The standard InChI is InChI=1S/C10H14N4O2.C7H10N4/c1-3-16-9(15)5-8-4-7(2)13-10-11-6-12-14(8)10;1-5-3-11-7(8-4-9-11)10-6(5)2/h4,6,10H,3,5H2,1-2H3,(H,11,12);3-4,7H,1-2H3,(H,8,9). The molecule has 0 aromatic carbocycles. The van der Waals surface area contributed by atoms with Gasteiger partial charge in [-0.1, -0.05) is 0 Å². The minimum absolute atomic E-state index is 0.0706. The number of rotatable bonds is 3. The summed E-state index contributed by atoms with van der Waals surface area (Å²) in [7, 11) is 0. The summed E-state index contributed by atoms with van der Waals surface area (Å²) in [6, 6.07) is 0. The van der Waals surface area contributed by atoms with E-state index >= 15 is 0 Å². The van der Waals surface area contributed by atoms with Crippen LogP contribution in [0.5, 0.6) is 0 Å². The molecule has 0 aromatic rings. The van der Waals surface area contributed by atoms with Gasteiger partial charge in [0.05, 0.1) is 18.7 Å². The third-order valence-corrected chi connectivity index (χ3v) is 4.15. The van der Waals surface area contributed by atoms with E-state index in [4.69, 9.17) is 4.74 Å². The molecule has 0 saturated carbocycles. The van der Waals surface area contributed by atoms with Gasteiger partial charge in [0.15, 0.2) is 0 Å². The van der Waals surface area contributed by atoms with Crippen molar-refractivity contribution in [1.29, 1.82) is 0 Å². The van der Waals surface area contributed by atoms with Crippen LogP contribution in [0.25, 0.3) is 0 Å². The number of carbonyl (C=O) groups excluding carboxylic acids is 1. The summed E-state index contributed by atoms with van der Waals surface area (Å²) in [6.45, 7) is 8.11. The number of allylic oxidation sites excluding steroid dienone is 2. The molecule has 0 saturated heterocycles. The number of hydrogen-bond donors (Lipinski definition) is 2. The molecule has 0 amide bonds. The van der Waals surface area contributed by atoms with E-state index in [9.17, 15) is 4.79 Å². The average molecular weight is 372 g/mol. The minimum atomic E-state index is -0.283. The molecule has 0 radical (unpaired) electrons. The van der Waals surface area contributed by atoms with E-state index < -0.39 is 0 Å². The topological polar surface area (TPSA) is 106 Å². The van der Waals surface area contributed by atoms with Crippen LogP contribution in [0.2, 0.25) is 0 Å². The van der Waals surface area contributed by atoms with Crippen molar-refractivity contribution in [3.63, 3.8) is 0 Å². The lowest BCUT2D eigenvalue weighted by Gasteiger charge is -2.27. The van der Waals surface area contributed by atoms with E-state index in [1.54, 1.807) is 24.6 Å². The Morgan fingerprint density at radius 3 is 2.67 bits per heavy atom. The molecule has 10 heteroatoms. The van der Waals surface area contributed by atoms with Gasteiger partial charge in [-0.05, 0) is 39.3 Å². The molecule has 0 bridgehead atoms. The Morgan fingerprint density at radius 2 is 1.89 bits per heavy atom. The van der Waals surface area contributed by atoms with Crippen LogP contribution in [0.15, 0.2) is 43.5 Å². The lowest BCUT2D eigenvalue weighted by molar-refractivity contribution is -0.142. The lowest BCUT2D eigenvalue weighted by atomic mass is 10.2. The van der Waals surface area contributed by atoms with Crippen molar-refractivity contribution in [3.8, 4) is 0 Å². The number of fused-ring (bicyclic) bond motifs is 2. The normalized spacial score (nSPS) is 24.3. The first-order chi connectivity index (χ1) is 13.0. The summed E-state index contributed by atoms with van der Waals surface area (Å²) in [5.74, 6) is -0.240. The number of ether oxygens (including phenoxy) is 1. The maximum Gasteiger partial charge on any atom is 0.311 e. The Hall–Kier alpha value is -3.17. The second kappa shape index (κ2) is 8.02. The fourth-order valence-electron chi connectivity index (χ4n) is 2.73. The van der Waals surface area contributed by atoms with Crippen molar-refractivity contribution < 1.29 is 9.53 Å². The Balaban J connectivity index is 0.000000166. The van der Waals surface area contributed by atoms with E-state index in [0.29, 0.717) is 6.61 Å². The maximum atomic E-state index is 11.4. The zero-order valence-electron chi connectivity index (χ0n) is 15.9. The lowest BCUT2D eigenvalue weighted by Crippen LogP contribution is -2.40. The van der Waals surface area contributed by atoms with Gasteiger partial charge in [-0.25, -0.2) is 30.0 Å². The highest BCUT2D eigenvalue weighted by atomic mass is 16.5. The van der Waals surface area contributed by atoms with Crippen molar-refractivity contribution in [2.24, 2.45) is 20.0 Å². The molecule has 0 fully saturated rings. The molecule has 10 nitrogen and oxygen atoms in total. The van der Waals surface area contributed by atoms with Crippen LogP contribution >= 0.6 is 0 Å². The predicted molar refractivity (Wildman–Crippen MR) is 104 cm³/mol. The van der Waals surface area contributed by atoms with Gasteiger partial charge >= 0.3 is 5.97 Å². The Labute approximate surface area is 158 Å². The highest BCUT2D eigenvalue weighted by Crippen LogP contribution is 2.20. The fourth-order valence-corrected chi connectivity index (χ4v) is 2.73. The van der Waals surface area contributed by atoms with Crippen LogP contribution in [-0.4, -0.2) is 59.3 Å². The van der Waals surface area contributed by atoms with E-state index in [2.05, 4.69) is 30.8 Å². The molecule has 4 aliphatic heterocycles. The summed E-state index contributed by atoms with van der Waals surface area (Å²) >= 11 is 0. The second-order valence-electron chi connectivity index (χ2n) is 6.20. The van der Waals surface area contributed by atoms with Crippen molar-refractivity contribution in [1.82, 2.24) is 20.9 Å². The third-order valence-electron chi connectivity index (χ3n) is 4.15. The SMILES string of the molecule is CC1=CN2NC=NC2N=C1C.CCOC(=O)CC1=CC(C)=NC2N=CNN12. The van der Waals surface area contributed by atoms with Crippen LogP contribution in [0.1, 0.15) is 34.1 Å². The first-order valence-electron chi connectivity index (χ1n) is 8.75. The zero-order chi connectivity index (χ0) is 19.4. The largest absolute Gasteiger partial charge is 0.466 e. The Kier molecular flexibility index (Phi) is 5.53. The highest BCUT2D eigenvalue weighted by Gasteiger charge is 2.27. The molecular formula is C17H24N8O2. The second-order valence-corrected chi connectivity index (χ2v) is 6.20. The molecule has 0 aromatic heterocycles. The summed E-state index contributed by atoms with van der Waals surface area (Å²) < 4.78 is 4.91. The molecular weight excluding hydrogens is 348 g/mol. The molecule has 144 valence electrons. The minimum Gasteiger partial charge on any atom is -0.466 e. The number of nitrogens with zero attached hydrogens (tertiary/aromatic N) is 6. The number of aliphatic imine (C=N–C) groups is 4. The molecule has 0 aliphatic carbocycles. The average Bonchev–Trinajstić information content (AvgIpc) is 3.25. The molecule has 0 spiro atoms. The van der Waals surface area contributed by atoms with Crippen LogP contribution in [0.4, 0.5) is 0 Å². The zero-order valence-corrected chi connectivity index (χ0v) is 15.9. The molecule has 4 heterocycles. The van der Waals surface area contributed by atoms with Gasteiger partial charge < -0.3 is 4.74 Å². The fraction of sp³-hybridized carbons (Fsp3) is 0.471. The highest BCUT2D eigenvalue weighted by molar-refractivity contribution is 5.98. The van der Waals surface area contributed by atoms with Gasteiger partial charge in [-0.15, -0.1) is 0 Å². The molecule has 27 heavy (non-hydrogen) atoms. The van der Waals surface area contributed by atoms with Gasteiger partial charge in [0, 0.05) is 17.6 Å². The van der Waals surface area contributed by atoms with E-state index in [0.717, 1.165) is 17.1 Å². The number of carbonyl (C=O) groups is 1.